The number of nitrogen functional groups attached to an aromatic ring is 1. The lowest BCUT2D eigenvalue weighted by atomic mass is 10.3. The second-order valence-corrected chi connectivity index (χ2v) is 6.51. The highest BCUT2D eigenvalue weighted by atomic mass is 127. The van der Waals surface area contributed by atoms with E-state index in [1.54, 1.807) is 11.8 Å². The third-order valence-electron chi connectivity index (χ3n) is 2.01. The van der Waals surface area contributed by atoms with Gasteiger partial charge in [-0.1, -0.05) is 27.7 Å². The van der Waals surface area contributed by atoms with Crippen molar-refractivity contribution in [3.05, 3.63) is 50.5 Å². The minimum absolute atomic E-state index is 0.804. The van der Waals surface area contributed by atoms with E-state index in [9.17, 15) is 0 Å². The number of anilines is 1. The Balaban J connectivity index is 2.23. The molecular weight excluding hydrogens is 397 g/mol. The maximum atomic E-state index is 5.95. The molecule has 0 aromatic heterocycles. The SMILES string of the molecule is Nc1cc(Br)ccc1Sc1ccc(I)cc1. The van der Waals surface area contributed by atoms with Crippen molar-refractivity contribution in [3.63, 3.8) is 0 Å². The molecule has 0 saturated carbocycles. The molecule has 2 aromatic rings. The highest BCUT2D eigenvalue weighted by Gasteiger charge is 2.02. The highest BCUT2D eigenvalue weighted by Crippen LogP contribution is 2.33. The number of hydrogen-bond acceptors (Lipinski definition) is 2. The molecular formula is C12H9BrINS. The van der Waals surface area contributed by atoms with Gasteiger partial charge in [0, 0.05) is 23.5 Å². The normalized spacial score (nSPS) is 10.4. The van der Waals surface area contributed by atoms with Crippen molar-refractivity contribution in [3.8, 4) is 0 Å². The van der Waals surface area contributed by atoms with Crippen LogP contribution >= 0.6 is 50.3 Å². The van der Waals surface area contributed by atoms with Crippen molar-refractivity contribution in [1.82, 2.24) is 0 Å². The summed E-state index contributed by atoms with van der Waals surface area (Å²) < 4.78 is 2.25. The van der Waals surface area contributed by atoms with E-state index in [2.05, 4.69) is 62.8 Å². The minimum Gasteiger partial charge on any atom is -0.398 e. The van der Waals surface area contributed by atoms with Crippen molar-refractivity contribution >= 4 is 56.0 Å². The average molecular weight is 406 g/mol. The van der Waals surface area contributed by atoms with E-state index in [-0.39, 0.29) is 0 Å². The smallest absolute Gasteiger partial charge is 0.0467 e. The second kappa shape index (κ2) is 5.42. The van der Waals surface area contributed by atoms with Crippen LogP contribution in [0.2, 0.25) is 0 Å². The Kier molecular flexibility index (Phi) is 4.16. The van der Waals surface area contributed by atoms with E-state index in [0.717, 1.165) is 15.1 Å². The summed E-state index contributed by atoms with van der Waals surface area (Å²) in [4.78, 5) is 2.29. The van der Waals surface area contributed by atoms with Gasteiger partial charge in [0.1, 0.15) is 0 Å². The van der Waals surface area contributed by atoms with Gasteiger partial charge in [0.15, 0.2) is 0 Å². The monoisotopic (exact) mass is 405 g/mol. The van der Waals surface area contributed by atoms with E-state index in [4.69, 9.17) is 5.73 Å². The van der Waals surface area contributed by atoms with Crippen LogP contribution in [-0.4, -0.2) is 0 Å². The zero-order valence-electron chi connectivity index (χ0n) is 8.28. The molecule has 2 rings (SSSR count). The van der Waals surface area contributed by atoms with E-state index in [0.29, 0.717) is 0 Å². The molecule has 0 spiro atoms. The van der Waals surface area contributed by atoms with Gasteiger partial charge >= 0.3 is 0 Å². The summed E-state index contributed by atoms with van der Waals surface area (Å²) in [6.07, 6.45) is 0. The number of nitrogens with two attached hydrogens (primary N) is 1. The summed E-state index contributed by atoms with van der Waals surface area (Å²) in [5, 5.41) is 0. The van der Waals surface area contributed by atoms with Crippen LogP contribution in [0.15, 0.2) is 56.7 Å². The van der Waals surface area contributed by atoms with Gasteiger partial charge in [0.05, 0.1) is 0 Å². The predicted molar refractivity (Wildman–Crippen MR) is 81.8 cm³/mol. The standard InChI is InChI=1S/C12H9BrINS/c13-8-1-6-12(11(15)7-8)16-10-4-2-9(14)3-5-10/h1-7H,15H2. The molecule has 0 saturated heterocycles. The van der Waals surface area contributed by atoms with Crippen LogP contribution in [0.25, 0.3) is 0 Å². The largest absolute Gasteiger partial charge is 0.398 e. The van der Waals surface area contributed by atoms with Crippen molar-refractivity contribution in [2.24, 2.45) is 0 Å². The van der Waals surface area contributed by atoms with Crippen LogP contribution in [0.1, 0.15) is 0 Å². The maximum Gasteiger partial charge on any atom is 0.0467 e. The van der Waals surface area contributed by atoms with Gasteiger partial charge in [-0.25, -0.2) is 0 Å². The molecule has 2 N–H and O–H groups in total. The van der Waals surface area contributed by atoms with Crippen LogP contribution in [0.4, 0.5) is 5.69 Å². The fraction of sp³-hybridized carbons (Fsp3) is 0. The van der Waals surface area contributed by atoms with Crippen LogP contribution in [0.3, 0.4) is 0 Å². The summed E-state index contributed by atoms with van der Waals surface area (Å²) in [6.45, 7) is 0. The molecule has 0 unspecified atom stereocenters. The molecule has 0 amide bonds. The van der Waals surface area contributed by atoms with Crippen molar-refractivity contribution in [2.45, 2.75) is 9.79 Å². The first kappa shape index (κ1) is 12.3. The summed E-state index contributed by atoms with van der Waals surface area (Å²) in [7, 11) is 0. The summed E-state index contributed by atoms with van der Waals surface area (Å²) in [6, 6.07) is 14.4. The van der Waals surface area contributed by atoms with Gasteiger partial charge in [-0.3, -0.25) is 0 Å². The van der Waals surface area contributed by atoms with E-state index in [1.165, 1.54) is 8.47 Å². The molecule has 0 atom stereocenters. The van der Waals surface area contributed by atoms with Crippen molar-refractivity contribution < 1.29 is 0 Å². The lowest BCUT2D eigenvalue weighted by molar-refractivity contribution is 1.39. The molecule has 0 aliphatic heterocycles. The Labute approximate surface area is 121 Å². The molecule has 0 aliphatic carbocycles. The second-order valence-electron chi connectivity index (χ2n) is 3.24. The van der Waals surface area contributed by atoms with E-state index < -0.39 is 0 Å². The Morgan fingerprint density at radius 1 is 1.06 bits per heavy atom. The molecule has 4 heteroatoms. The number of rotatable bonds is 2. The topological polar surface area (TPSA) is 26.0 Å². The third-order valence-corrected chi connectivity index (χ3v) is 4.33. The van der Waals surface area contributed by atoms with Crippen molar-refractivity contribution in [2.75, 3.05) is 5.73 Å². The van der Waals surface area contributed by atoms with E-state index in [1.807, 2.05) is 18.2 Å². The Hall–Kier alpha value is -0.200. The predicted octanol–water partition coefficient (Wildman–Crippen LogP) is 4.79. The fourth-order valence-electron chi connectivity index (χ4n) is 1.24. The number of benzene rings is 2. The highest BCUT2D eigenvalue weighted by molar-refractivity contribution is 14.1. The van der Waals surface area contributed by atoms with Crippen LogP contribution < -0.4 is 5.73 Å². The van der Waals surface area contributed by atoms with Crippen LogP contribution in [0.5, 0.6) is 0 Å². The Morgan fingerprint density at radius 2 is 1.75 bits per heavy atom. The molecule has 16 heavy (non-hydrogen) atoms. The molecule has 0 fully saturated rings. The summed E-state index contributed by atoms with van der Waals surface area (Å²) in [5.74, 6) is 0. The number of hydrogen-bond donors (Lipinski definition) is 1. The molecule has 2 aromatic carbocycles. The van der Waals surface area contributed by atoms with E-state index >= 15 is 0 Å². The van der Waals surface area contributed by atoms with Crippen LogP contribution in [-0.2, 0) is 0 Å². The van der Waals surface area contributed by atoms with Gasteiger partial charge in [-0.05, 0) is 65.1 Å². The van der Waals surface area contributed by atoms with Gasteiger partial charge in [-0.15, -0.1) is 0 Å². The quantitative estimate of drug-likeness (QED) is 0.574. The molecule has 0 heterocycles. The third kappa shape index (κ3) is 3.15. The summed E-state index contributed by atoms with van der Waals surface area (Å²) >= 11 is 7.38. The zero-order valence-corrected chi connectivity index (χ0v) is 12.8. The summed E-state index contributed by atoms with van der Waals surface area (Å²) in [5.41, 5.74) is 6.75. The van der Waals surface area contributed by atoms with Gasteiger partial charge in [0.25, 0.3) is 0 Å². The Bertz CT molecular complexity index is 499. The first-order valence-electron chi connectivity index (χ1n) is 4.63. The first-order chi connectivity index (χ1) is 7.65. The van der Waals surface area contributed by atoms with Gasteiger partial charge in [-0.2, -0.15) is 0 Å². The number of halogens is 2. The molecule has 0 bridgehead atoms. The molecule has 0 radical (unpaired) electrons. The lowest BCUT2D eigenvalue weighted by Gasteiger charge is -2.05. The first-order valence-corrected chi connectivity index (χ1v) is 7.32. The van der Waals surface area contributed by atoms with Crippen molar-refractivity contribution in [1.29, 1.82) is 0 Å². The lowest BCUT2D eigenvalue weighted by Crippen LogP contribution is -1.87. The van der Waals surface area contributed by atoms with Gasteiger partial charge < -0.3 is 5.73 Å². The fourth-order valence-corrected chi connectivity index (χ4v) is 2.82. The molecule has 82 valence electrons. The van der Waals surface area contributed by atoms with Crippen LogP contribution in [0, 0.1) is 3.57 Å². The van der Waals surface area contributed by atoms with Gasteiger partial charge in [0.2, 0.25) is 0 Å². The Morgan fingerprint density at radius 3 is 2.38 bits per heavy atom. The zero-order chi connectivity index (χ0) is 11.5. The molecule has 1 nitrogen and oxygen atoms in total. The molecule has 0 aliphatic rings. The minimum atomic E-state index is 0.804. The average Bonchev–Trinajstić information content (AvgIpc) is 2.25. The maximum absolute atomic E-state index is 5.95.